The van der Waals surface area contributed by atoms with E-state index in [9.17, 15) is 0 Å². The molecule has 96 valence electrons. The molecule has 0 saturated carbocycles. The van der Waals surface area contributed by atoms with Gasteiger partial charge in [-0.3, -0.25) is 0 Å². The molecule has 0 fully saturated rings. The average molecular weight is 273 g/mol. The first-order valence-corrected chi connectivity index (χ1v) is 6.64. The Balaban J connectivity index is 1.68. The molecule has 0 spiro atoms. The van der Waals surface area contributed by atoms with E-state index in [1.807, 2.05) is 24.3 Å². The normalized spacial score (nSPS) is 10.7. The number of nitrogens with two attached hydrogens (primary N) is 1. The van der Waals surface area contributed by atoms with Crippen LogP contribution in [0.5, 0.6) is 0 Å². The fraction of sp³-hybridized carbons (Fsp3) is 0.0769. The monoisotopic (exact) mass is 273 g/mol. The number of rotatable bonds is 4. The molecule has 2 aromatic heterocycles. The van der Waals surface area contributed by atoms with Gasteiger partial charge in [-0.1, -0.05) is 11.2 Å². The summed E-state index contributed by atoms with van der Waals surface area (Å²) in [7, 11) is 0. The number of benzene rings is 1. The Labute approximate surface area is 113 Å². The van der Waals surface area contributed by atoms with Crippen molar-refractivity contribution in [3.05, 3.63) is 48.6 Å². The number of anilines is 1. The van der Waals surface area contributed by atoms with Gasteiger partial charge in [-0.25, -0.2) is 0 Å². The molecule has 1 aromatic carbocycles. The zero-order valence-corrected chi connectivity index (χ0v) is 10.8. The maximum atomic E-state index is 5.72. The number of aromatic nitrogens is 2. The summed E-state index contributed by atoms with van der Waals surface area (Å²) in [5.41, 5.74) is 6.46. The molecule has 2 N–H and O–H groups in total. The van der Waals surface area contributed by atoms with Gasteiger partial charge < -0.3 is 14.7 Å². The zero-order chi connectivity index (χ0) is 13.1. The number of furan rings is 1. The topological polar surface area (TPSA) is 78.1 Å². The van der Waals surface area contributed by atoms with E-state index in [2.05, 4.69) is 10.1 Å². The fourth-order valence-electron chi connectivity index (χ4n) is 1.57. The molecule has 0 radical (unpaired) electrons. The average Bonchev–Trinajstić information content (AvgIpc) is 3.07. The van der Waals surface area contributed by atoms with E-state index >= 15 is 0 Å². The second-order valence-corrected chi connectivity index (χ2v) is 4.90. The Morgan fingerprint density at radius 3 is 2.95 bits per heavy atom. The van der Waals surface area contributed by atoms with Gasteiger partial charge in [0.1, 0.15) is 0 Å². The lowest BCUT2D eigenvalue weighted by molar-refractivity contribution is 0.390. The summed E-state index contributed by atoms with van der Waals surface area (Å²) in [6.45, 7) is 0. The third-order valence-corrected chi connectivity index (χ3v) is 3.41. The third kappa shape index (κ3) is 2.79. The van der Waals surface area contributed by atoms with Crippen molar-refractivity contribution in [2.75, 3.05) is 5.73 Å². The molecule has 0 saturated heterocycles. The van der Waals surface area contributed by atoms with Gasteiger partial charge in [-0.05, 0) is 30.3 Å². The van der Waals surface area contributed by atoms with Crippen molar-refractivity contribution in [3.8, 4) is 11.6 Å². The maximum absolute atomic E-state index is 5.72. The van der Waals surface area contributed by atoms with E-state index in [4.69, 9.17) is 14.7 Å². The lowest BCUT2D eigenvalue weighted by Gasteiger charge is -1.99. The van der Waals surface area contributed by atoms with E-state index in [1.54, 1.807) is 30.2 Å². The van der Waals surface area contributed by atoms with Gasteiger partial charge in [0.2, 0.25) is 11.7 Å². The molecule has 2 heterocycles. The minimum atomic E-state index is 0.466. The molecule has 0 aliphatic carbocycles. The number of hydrogen-bond donors (Lipinski definition) is 1. The second-order valence-electron chi connectivity index (χ2n) is 3.85. The Morgan fingerprint density at radius 1 is 1.21 bits per heavy atom. The smallest absolute Gasteiger partial charge is 0.238 e. The highest BCUT2D eigenvalue weighted by Crippen LogP contribution is 2.24. The molecule has 6 heteroatoms. The molecule has 5 nitrogen and oxygen atoms in total. The number of nitrogens with zero attached hydrogens (tertiary/aromatic N) is 2. The van der Waals surface area contributed by atoms with Crippen LogP contribution in [-0.2, 0) is 5.75 Å². The molecule has 3 rings (SSSR count). The van der Waals surface area contributed by atoms with E-state index in [1.165, 1.54) is 0 Å². The number of nitrogen functional groups attached to an aromatic ring is 1. The highest BCUT2D eigenvalue weighted by molar-refractivity contribution is 7.98. The van der Waals surface area contributed by atoms with Crippen LogP contribution in [0.4, 0.5) is 5.69 Å². The predicted octanol–water partition coefficient (Wildman–Crippen LogP) is 3.20. The summed E-state index contributed by atoms with van der Waals surface area (Å²) in [6.07, 6.45) is 1.58. The first-order valence-electron chi connectivity index (χ1n) is 5.66. The summed E-state index contributed by atoms with van der Waals surface area (Å²) in [6, 6.07) is 11.2. The van der Waals surface area contributed by atoms with Gasteiger partial charge in [-0.2, -0.15) is 4.98 Å². The molecule has 0 unspecified atom stereocenters. The first kappa shape index (κ1) is 11.9. The fourth-order valence-corrected chi connectivity index (χ4v) is 2.37. The summed E-state index contributed by atoms with van der Waals surface area (Å²) in [5.74, 6) is 2.22. The quantitative estimate of drug-likeness (QED) is 0.581. The third-order valence-electron chi connectivity index (χ3n) is 2.43. The van der Waals surface area contributed by atoms with Gasteiger partial charge in [-0.15, -0.1) is 11.8 Å². The van der Waals surface area contributed by atoms with Crippen LogP contribution in [0.15, 0.2) is 56.5 Å². The van der Waals surface area contributed by atoms with E-state index in [-0.39, 0.29) is 0 Å². The van der Waals surface area contributed by atoms with Crippen molar-refractivity contribution < 1.29 is 8.94 Å². The molecule has 0 bridgehead atoms. The standard InChI is InChI=1S/C13H11N3O2S/c14-9-3-1-4-10(7-9)19-8-12-15-13(16-18-12)11-5-2-6-17-11/h1-7H,8,14H2. The Morgan fingerprint density at radius 2 is 2.16 bits per heavy atom. The van der Waals surface area contributed by atoms with E-state index < -0.39 is 0 Å². The molecule has 3 aromatic rings. The van der Waals surface area contributed by atoms with Crippen molar-refractivity contribution >= 4 is 17.4 Å². The molecule has 0 atom stereocenters. The van der Waals surface area contributed by atoms with Crippen molar-refractivity contribution in [3.63, 3.8) is 0 Å². The second kappa shape index (κ2) is 5.19. The molecule has 0 amide bonds. The van der Waals surface area contributed by atoms with Crippen molar-refractivity contribution in [1.82, 2.24) is 10.1 Å². The van der Waals surface area contributed by atoms with Gasteiger partial charge in [0, 0.05) is 10.6 Å². The molecule has 0 aliphatic heterocycles. The van der Waals surface area contributed by atoms with Crippen LogP contribution in [-0.4, -0.2) is 10.1 Å². The van der Waals surface area contributed by atoms with Crippen LogP contribution >= 0.6 is 11.8 Å². The first-order chi connectivity index (χ1) is 9.31. The van der Waals surface area contributed by atoms with Gasteiger partial charge in [0.15, 0.2) is 5.76 Å². The minimum absolute atomic E-state index is 0.466. The maximum Gasteiger partial charge on any atom is 0.238 e. The Hall–Kier alpha value is -2.21. The van der Waals surface area contributed by atoms with Crippen molar-refractivity contribution in [2.45, 2.75) is 10.6 Å². The molecular formula is C13H11N3O2S. The lowest BCUT2D eigenvalue weighted by atomic mass is 10.3. The van der Waals surface area contributed by atoms with Crippen LogP contribution in [0.25, 0.3) is 11.6 Å². The highest BCUT2D eigenvalue weighted by atomic mass is 32.2. The van der Waals surface area contributed by atoms with Crippen LogP contribution in [0.1, 0.15) is 5.89 Å². The molecule has 19 heavy (non-hydrogen) atoms. The Kier molecular flexibility index (Phi) is 3.24. The summed E-state index contributed by atoms with van der Waals surface area (Å²) in [4.78, 5) is 5.33. The highest BCUT2D eigenvalue weighted by Gasteiger charge is 2.10. The number of thioether (sulfide) groups is 1. The SMILES string of the molecule is Nc1cccc(SCc2nc(-c3ccco3)no2)c1. The van der Waals surface area contributed by atoms with Crippen LogP contribution in [0.3, 0.4) is 0 Å². The number of hydrogen-bond acceptors (Lipinski definition) is 6. The van der Waals surface area contributed by atoms with Gasteiger partial charge in [0.05, 0.1) is 12.0 Å². The Bertz CT molecular complexity index is 664. The zero-order valence-electron chi connectivity index (χ0n) is 9.95. The lowest BCUT2D eigenvalue weighted by Crippen LogP contribution is -1.85. The van der Waals surface area contributed by atoms with Gasteiger partial charge in [0.25, 0.3) is 0 Å². The summed E-state index contributed by atoms with van der Waals surface area (Å²) in [5, 5.41) is 3.87. The molecule has 0 aliphatic rings. The summed E-state index contributed by atoms with van der Waals surface area (Å²) >= 11 is 1.59. The largest absolute Gasteiger partial charge is 0.461 e. The predicted molar refractivity (Wildman–Crippen MR) is 72.4 cm³/mol. The van der Waals surface area contributed by atoms with E-state index in [0.29, 0.717) is 23.2 Å². The minimum Gasteiger partial charge on any atom is -0.461 e. The molecular weight excluding hydrogens is 262 g/mol. The van der Waals surface area contributed by atoms with E-state index in [0.717, 1.165) is 10.6 Å². The van der Waals surface area contributed by atoms with Crippen molar-refractivity contribution in [1.29, 1.82) is 0 Å². The van der Waals surface area contributed by atoms with Crippen LogP contribution in [0, 0.1) is 0 Å². The summed E-state index contributed by atoms with van der Waals surface area (Å²) < 4.78 is 10.4. The van der Waals surface area contributed by atoms with Crippen LogP contribution in [0.2, 0.25) is 0 Å². The van der Waals surface area contributed by atoms with Crippen LogP contribution < -0.4 is 5.73 Å². The van der Waals surface area contributed by atoms with Crippen molar-refractivity contribution in [2.24, 2.45) is 0 Å². The van der Waals surface area contributed by atoms with Gasteiger partial charge >= 0.3 is 0 Å².